The Hall–Kier alpha value is -0.390. The molecule has 3 atom stereocenters. The van der Waals surface area contributed by atoms with Crippen LogP contribution >= 0.6 is 7.82 Å². The van der Waals surface area contributed by atoms with Crippen molar-refractivity contribution in [1.82, 2.24) is 0 Å². The van der Waals surface area contributed by atoms with Gasteiger partial charge in [0.1, 0.15) is 5.76 Å². The lowest BCUT2D eigenvalue weighted by atomic mass is 9.78. The second-order valence-corrected chi connectivity index (χ2v) is 9.85. The highest BCUT2D eigenvalue weighted by Crippen LogP contribution is 2.54. The Kier molecular flexibility index (Phi) is 8.82. The van der Waals surface area contributed by atoms with Crippen LogP contribution in [-0.2, 0) is 27.6 Å². The molecule has 0 saturated carbocycles. The van der Waals surface area contributed by atoms with Gasteiger partial charge in [-0.25, -0.2) is 4.57 Å². The Morgan fingerprint density at radius 2 is 1.70 bits per heavy atom. The summed E-state index contributed by atoms with van der Waals surface area (Å²) in [6.45, 7) is 12.5. The number of phosphoric ester groups is 1. The maximum atomic E-state index is 13.2. The SMILES string of the molecule is CC[C@H](C)COP(=O)(OC[C@@H](C)CC)OC1=CCC(C)(C2OCCO2)CC1. The predicted molar refractivity (Wildman–Crippen MR) is 105 cm³/mol. The molecule has 6 nitrogen and oxygen atoms in total. The first-order chi connectivity index (χ1) is 12.8. The fraction of sp³-hybridized carbons (Fsp3) is 0.900. The van der Waals surface area contributed by atoms with Gasteiger partial charge in [-0.1, -0.05) is 47.5 Å². The molecule has 158 valence electrons. The summed E-state index contributed by atoms with van der Waals surface area (Å²) in [4.78, 5) is 0. The molecule has 0 N–H and O–H groups in total. The summed E-state index contributed by atoms with van der Waals surface area (Å²) in [6, 6.07) is 0. The third-order valence-corrected chi connectivity index (χ3v) is 6.98. The molecule has 0 aromatic heterocycles. The molecule has 1 aliphatic carbocycles. The van der Waals surface area contributed by atoms with Crippen LogP contribution in [0.15, 0.2) is 11.8 Å². The summed E-state index contributed by atoms with van der Waals surface area (Å²) in [5.41, 5.74) is -0.0808. The highest BCUT2D eigenvalue weighted by molar-refractivity contribution is 7.48. The van der Waals surface area contributed by atoms with Gasteiger partial charge in [0.05, 0.1) is 26.4 Å². The second kappa shape index (κ2) is 10.4. The maximum absolute atomic E-state index is 13.2. The van der Waals surface area contributed by atoms with Gasteiger partial charge in [0.25, 0.3) is 0 Å². The first-order valence-corrected chi connectivity index (χ1v) is 11.8. The van der Waals surface area contributed by atoms with E-state index >= 15 is 0 Å². The topological polar surface area (TPSA) is 63.2 Å². The van der Waals surface area contributed by atoms with E-state index in [2.05, 4.69) is 34.6 Å². The van der Waals surface area contributed by atoms with Gasteiger partial charge >= 0.3 is 7.82 Å². The average Bonchev–Trinajstić information content (AvgIpc) is 3.22. The molecule has 1 saturated heterocycles. The highest BCUT2D eigenvalue weighted by Gasteiger charge is 2.41. The molecule has 0 aromatic rings. The van der Waals surface area contributed by atoms with Gasteiger partial charge in [0.2, 0.25) is 0 Å². The van der Waals surface area contributed by atoms with Gasteiger partial charge in [-0.15, -0.1) is 0 Å². The van der Waals surface area contributed by atoms with Crippen LogP contribution in [0.5, 0.6) is 0 Å². The lowest BCUT2D eigenvalue weighted by Crippen LogP contribution is -2.34. The van der Waals surface area contributed by atoms with E-state index in [1.54, 1.807) is 0 Å². The Morgan fingerprint density at radius 1 is 1.15 bits per heavy atom. The molecule has 0 bridgehead atoms. The zero-order valence-electron chi connectivity index (χ0n) is 17.6. The largest absolute Gasteiger partial charge is 0.529 e. The first-order valence-electron chi connectivity index (χ1n) is 10.3. The van der Waals surface area contributed by atoms with E-state index in [4.69, 9.17) is 23.0 Å². The molecule has 2 aliphatic rings. The van der Waals surface area contributed by atoms with Crippen molar-refractivity contribution < 1.29 is 27.6 Å². The van der Waals surface area contributed by atoms with Crippen molar-refractivity contribution in [2.45, 2.75) is 73.0 Å². The van der Waals surface area contributed by atoms with Crippen molar-refractivity contribution in [3.63, 3.8) is 0 Å². The molecular weight excluding hydrogens is 367 g/mol. The minimum Gasteiger partial charge on any atom is -0.409 e. The van der Waals surface area contributed by atoms with E-state index in [-0.39, 0.29) is 11.7 Å². The zero-order valence-corrected chi connectivity index (χ0v) is 18.5. The van der Waals surface area contributed by atoms with Gasteiger partial charge in [-0.2, -0.15) is 0 Å². The van der Waals surface area contributed by atoms with E-state index in [1.165, 1.54) is 0 Å². The fourth-order valence-electron chi connectivity index (χ4n) is 2.92. The summed E-state index contributed by atoms with van der Waals surface area (Å²) >= 11 is 0. The molecule has 0 aromatic carbocycles. The van der Waals surface area contributed by atoms with Crippen molar-refractivity contribution in [1.29, 1.82) is 0 Å². The Morgan fingerprint density at radius 3 is 2.15 bits per heavy atom. The van der Waals surface area contributed by atoms with Gasteiger partial charge < -0.3 is 14.0 Å². The number of allylic oxidation sites excluding steroid dienone is 2. The number of ether oxygens (including phenoxy) is 2. The summed E-state index contributed by atoms with van der Waals surface area (Å²) in [7, 11) is -3.62. The van der Waals surface area contributed by atoms with E-state index < -0.39 is 7.82 Å². The fourth-order valence-corrected chi connectivity index (χ4v) is 4.43. The van der Waals surface area contributed by atoms with Crippen molar-refractivity contribution in [3.05, 3.63) is 11.8 Å². The Bertz CT molecular complexity index is 513. The smallest absolute Gasteiger partial charge is 0.409 e. The maximum Gasteiger partial charge on any atom is 0.529 e. The third-order valence-electron chi connectivity index (χ3n) is 5.59. The Labute approximate surface area is 164 Å². The molecule has 7 heteroatoms. The van der Waals surface area contributed by atoms with Crippen molar-refractivity contribution >= 4 is 7.82 Å². The second-order valence-electron chi connectivity index (χ2n) is 8.26. The molecule has 1 heterocycles. The quantitative estimate of drug-likeness (QED) is 0.413. The van der Waals surface area contributed by atoms with Crippen LogP contribution in [0.1, 0.15) is 66.7 Å². The van der Waals surface area contributed by atoms with Crippen LogP contribution < -0.4 is 0 Å². The van der Waals surface area contributed by atoms with Crippen LogP contribution in [0.2, 0.25) is 0 Å². The van der Waals surface area contributed by atoms with Crippen molar-refractivity contribution in [2.75, 3.05) is 26.4 Å². The predicted octanol–water partition coefficient (Wildman–Crippen LogP) is 5.68. The summed E-state index contributed by atoms with van der Waals surface area (Å²) in [5.74, 6) is 1.28. The lowest BCUT2D eigenvalue weighted by molar-refractivity contribution is -0.130. The third kappa shape index (κ3) is 6.86. The molecule has 1 aliphatic heterocycles. The molecule has 1 fully saturated rings. The molecule has 1 unspecified atom stereocenters. The summed E-state index contributed by atoms with van der Waals surface area (Å²) in [5, 5.41) is 0. The van der Waals surface area contributed by atoms with Crippen LogP contribution in [0.4, 0.5) is 0 Å². The number of hydrogen-bond donors (Lipinski definition) is 0. The number of rotatable bonds is 11. The normalized spacial score (nSPS) is 26.6. The van der Waals surface area contributed by atoms with E-state index in [0.29, 0.717) is 50.4 Å². The van der Waals surface area contributed by atoms with E-state index in [9.17, 15) is 4.57 Å². The van der Waals surface area contributed by atoms with Crippen LogP contribution in [0, 0.1) is 17.3 Å². The van der Waals surface area contributed by atoms with Gasteiger partial charge in [-0.05, 0) is 30.8 Å². The molecule has 27 heavy (non-hydrogen) atoms. The standard InChI is InChI=1S/C20H37O6P/c1-6-16(3)14-24-27(21,25-15-17(4)7-2)26-18-8-10-20(5,11-9-18)19-22-12-13-23-19/h8,16-17,19H,6-7,9-15H2,1-5H3/t16-,17-,20?/m0/s1. The monoisotopic (exact) mass is 404 g/mol. The summed E-state index contributed by atoms with van der Waals surface area (Å²) < 4.78 is 41.7. The molecule has 2 rings (SSSR count). The minimum atomic E-state index is -3.62. The highest BCUT2D eigenvalue weighted by atomic mass is 31.2. The van der Waals surface area contributed by atoms with E-state index in [0.717, 1.165) is 25.7 Å². The average molecular weight is 404 g/mol. The van der Waals surface area contributed by atoms with Gasteiger partial charge in [0.15, 0.2) is 6.29 Å². The Balaban J connectivity index is 1.98. The van der Waals surface area contributed by atoms with Crippen molar-refractivity contribution in [3.8, 4) is 0 Å². The van der Waals surface area contributed by atoms with Gasteiger partial charge in [0, 0.05) is 11.8 Å². The molecule has 0 radical (unpaired) electrons. The van der Waals surface area contributed by atoms with Crippen molar-refractivity contribution in [2.24, 2.45) is 17.3 Å². The van der Waals surface area contributed by atoms with E-state index in [1.807, 2.05) is 6.08 Å². The molecular formula is C20H37O6P. The molecule has 0 amide bonds. The van der Waals surface area contributed by atoms with Crippen LogP contribution in [0.25, 0.3) is 0 Å². The first kappa shape index (κ1) is 22.9. The van der Waals surface area contributed by atoms with Crippen LogP contribution in [0.3, 0.4) is 0 Å². The summed E-state index contributed by atoms with van der Waals surface area (Å²) in [6.07, 6.45) is 5.99. The minimum absolute atomic E-state index is 0.0808. The number of phosphoric acid groups is 1. The number of hydrogen-bond acceptors (Lipinski definition) is 6. The molecule has 0 spiro atoms. The van der Waals surface area contributed by atoms with Gasteiger partial charge in [-0.3, -0.25) is 9.05 Å². The van der Waals surface area contributed by atoms with Crippen LogP contribution in [-0.4, -0.2) is 32.7 Å². The zero-order chi connectivity index (χ0) is 19.9. The lowest BCUT2D eigenvalue weighted by Gasteiger charge is -2.36.